The average Bonchev–Trinajstić information content (AvgIpc) is 3.38. The molecule has 0 fully saturated rings. The largest absolute Gasteiger partial charge is 0.489 e. The number of rotatable bonds is 7. The lowest BCUT2D eigenvalue weighted by Gasteiger charge is -2.07. The first-order valence-corrected chi connectivity index (χ1v) is 11.1. The topological polar surface area (TPSA) is 56.1 Å². The highest BCUT2D eigenvalue weighted by Gasteiger charge is 2.11. The number of aromatic nitrogens is 2. The predicted molar refractivity (Wildman–Crippen MR) is 126 cm³/mol. The Kier molecular flexibility index (Phi) is 6.61. The highest BCUT2D eigenvalue weighted by Crippen LogP contribution is 2.23. The summed E-state index contributed by atoms with van der Waals surface area (Å²) in [5.41, 5.74) is 3.63. The molecular formula is C23H19Cl2N3O2S. The zero-order chi connectivity index (χ0) is 21.8. The Morgan fingerprint density at radius 2 is 2.03 bits per heavy atom. The molecule has 2 aromatic carbocycles. The van der Waals surface area contributed by atoms with Crippen molar-refractivity contribution in [3.63, 3.8) is 0 Å². The predicted octanol–water partition coefficient (Wildman–Crippen LogP) is 6.44. The molecule has 0 unspecified atom stereocenters. The van der Waals surface area contributed by atoms with Gasteiger partial charge in [0.2, 0.25) is 0 Å². The normalized spacial score (nSPS) is 10.8. The molecule has 0 radical (unpaired) electrons. The molecule has 1 N–H and O–H groups in total. The van der Waals surface area contributed by atoms with Gasteiger partial charge in [0.25, 0.3) is 5.91 Å². The van der Waals surface area contributed by atoms with Crippen LogP contribution < -0.4 is 10.1 Å². The van der Waals surface area contributed by atoms with Crippen molar-refractivity contribution in [3.8, 4) is 5.75 Å². The van der Waals surface area contributed by atoms with Crippen LogP contribution in [0.15, 0.2) is 66.3 Å². The summed E-state index contributed by atoms with van der Waals surface area (Å²) in [7, 11) is 0. The van der Waals surface area contributed by atoms with Crippen molar-refractivity contribution in [1.82, 2.24) is 9.78 Å². The van der Waals surface area contributed by atoms with Crippen LogP contribution in [0.2, 0.25) is 10.0 Å². The van der Waals surface area contributed by atoms with Gasteiger partial charge in [0.1, 0.15) is 12.4 Å². The number of hydrogen-bond acceptors (Lipinski definition) is 4. The standard InChI is InChI=1S/C23H19Cl2N3O2S/c1-15-7-20(5-6-21(15)25)30-13-17-9-22(31-14-17)23(29)27-19-4-2-3-16(8-19)11-28-12-18(24)10-26-28/h2-10,12,14H,11,13H2,1H3,(H,27,29). The van der Waals surface area contributed by atoms with Crippen molar-refractivity contribution in [1.29, 1.82) is 0 Å². The molecule has 158 valence electrons. The summed E-state index contributed by atoms with van der Waals surface area (Å²) in [5.74, 6) is 0.590. The number of anilines is 1. The van der Waals surface area contributed by atoms with E-state index in [1.54, 1.807) is 17.1 Å². The summed E-state index contributed by atoms with van der Waals surface area (Å²) >= 11 is 13.3. The van der Waals surface area contributed by atoms with Crippen LogP contribution in [0.3, 0.4) is 0 Å². The maximum absolute atomic E-state index is 12.7. The van der Waals surface area contributed by atoms with Gasteiger partial charge < -0.3 is 10.1 Å². The van der Waals surface area contributed by atoms with Gasteiger partial charge in [-0.1, -0.05) is 35.3 Å². The Labute approximate surface area is 194 Å². The van der Waals surface area contributed by atoms with Crippen molar-refractivity contribution in [2.24, 2.45) is 0 Å². The van der Waals surface area contributed by atoms with Crippen LogP contribution in [0.1, 0.15) is 26.4 Å². The third-order valence-electron chi connectivity index (χ3n) is 4.54. The molecule has 0 aliphatic rings. The number of benzene rings is 2. The molecule has 2 aromatic heterocycles. The second-order valence-corrected chi connectivity index (χ2v) is 8.78. The van der Waals surface area contributed by atoms with Gasteiger partial charge in [0.15, 0.2) is 0 Å². The Morgan fingerprint density at radius 1 is 1.16 bits per heavy atom. The Balaban J connectivity index is 1.36. The second kappa shape index (κ2) is 9.56. The molecule has 0 saturated carbocycles. The van der Waals surface area contributed by atoms with Gasteiger partial charge in [-0.25, -0.2) is 0 Å². The first kappa shape index (κ1) is 21.4. The second-order valence-electron chi connectivity index (χ2n) is 7.03. The lowest BCUT2D eigenvalue weighted by atomic mass is 10.2. The molecule has 0 saturated heterocycles. The van der Waals surface area contributed by atoms with Crippen LogP contribution in [0.4, 0.5) is 5.69 Å². The fourth-order valence-electron chi connectivity index (χ4n) is 3.00. The molecule has 0 aliphatic heterocycles. The molecule has 5 nitrogen and oxygen atoms in total. The number of aryl methyl sites for hydroxylation is 1. The van der Waals surface area contributed by atoms with Crippen LogP contribution in [0.5, 0.6) is 5.75 Å². The number of nitrogens with zero attached hydrogens (tertiary/aromatic N) is 2. The maximum atomic E-state index is 12.7. The van der Waals surface area contributed by atoms with E-state index in [0.717, 1.165) is 28.1 Å². The van der Waals surface area contributed by atoms with Crippen LogP contribution in [0, 0.1) is 6.92 Å². The SMILES string of the molecule is Cc1cc(OCc2csc(C(=O)Nc3cccc(Cn4cc(Cl)cn4)c3)c2)ccc1Cl. The van der Waals surface area contributed by atoms with E-state index in [1.807, 2.05) is 60.8 Å². The molecule has 0 atom stereocenters. The summed E-state index contributed by atoms with van der Waals surface area (Å²) in [6.07, 6.45) is 3.35. The minimum atomic E-state index is -0.155. The molecule has 31 heavy (non-hydrogen) atoms. The highest BCUT2D eigenvalue weighted by molar-refractivity contribution is 7.12. The number of hydrogen-bond donors (Lipinski definition) is 1. The zero-order valence-electron chi connectivity index (χ0n) is 16.6. The number of nitrogens with one attached hydrogen (secondary N) is 1. The average molecular weight is 472 g/mol. The molecule has 8 heteroatoms. The van der Waals surface area contributed by atoms with Crippen LogP contribution in [0.25, 0.3) is 0 Å². The third-order valence-corrected chi connectivity index (χ3v) is 6.14. The van der Waals surface area contributed by atoms with Crippen molar-refractivity contribution in [2.45, 2.75) is 20.1 Å². The lowest BCUT2D eigenvalue weighted by Crippen LogP contribution is -2.10. The van der Waals surface area contributed by atoms with Gasteiger partial charge in [-0.15, -0.1) is 11.3 Å². The van der Waals surface area contributed by atoms with Crippen LogP contribution in [-0.2, 0) is 13.2 Å². The van der Waals surface area contributed by atoms with Gasteiger partial charge in [-0.3, -0.25) is 9.48 Å². The molecule has 4 rings (SSSR count). The number of carbonyl (C=O) groups excluding carboxylic acids is 1. The summed E-state index contributed by atoms with van der Waals surface area (Å²) in [4.78, 5) is 13.3. The minimum absolute atomic E-state index is 0.155. The number of carbonyl (C=O) groups is 1. The lowest BCUT2D eigenvalue weighted by molar-refractivity contribution is 0.103. The van der Waals surface area contributed by atoms with E-state index in [0.29, 0.717) is 28.1 Å². The summed E-state index contributed by atoms with van der Waals surface area (Å²) in [6.45, 7) is 2.88. The quantitative estimate of drug-likeness (QED) is 0.337. The molecule has 1 amide bonds. The van der Waals surface area contributed by atoms with Gasteiger partial charge in [0, 0.05) is 22.5 Å². The number of amides is 1. The summed E-state index contributed by atoms with van der Waals surface area (Å²) in [6, 6.07) is 15.0. The summed E-state index contributed by atoms with van der Waals surface area (Å²) < 4.78 is 7.56. The first-order chi connectivity index (χ1) is 15.0. The number of thiophene rings is 1. The number of ether oxygens (including phenoxy) is 1. The fourth-order valence-corrected chi connectivity index (χ4v) is 4.06. The van der Waals surface area contributed by atoms with Crippen molar-refractivity contribution >= 4 is 46.1 Å². The van der Waals surface area contributed by atoms with Gasteiger partial charge >= 0.3 is 0 Å². The minimum Gasteiger partial charge on any atom is -0.489 e. The molecular weight excluding hydrogens is 453 g/mol. The molecule has 4 aromatic rings. The molecule has 0 spiro atoms. The maximum Gasteiger partial charge on any atom is 0.265 e. The van der Waals surface area contributed by atoms with E-state index in [-0.39, 0.29) is 5.91 Å². The van der Waals surface area contributed by atoms with Gasteiger partial charge in [-0.2, -0.15) is 5.10 Å². The van der Waals surface area contributed by atoms with E-state index >= 15 is 0 Å². The highest BCUT2D eigenvalue weighted by atomic mass is 35.5. The summed E-state index contributed by atoms with van der Waals surface area (Å²) in [5, 5.41) is 10.4. The van der Waals surface area contributed by atoms with E-state index in [1.165, 1.54) is 11.3 Å². The van der Waals surface area contributed by atoms with E-state index in [9.17, 15) is 4.79 Å². The monoisotopic (exact) mass is 471 g/mol. The molecule has 2 heterocycles. The van der Waals surface area contributed by atoms with E-state index in [2.05, 4.69) is 10.4 Å². The van der Waals surface area contributed by atoms with E-state index in [4.69, 9.17) is 27.9 Å². The Hall–Kier alpha value is -2.80. The smallest absolute Gasteiger partial charge is 0.265 e. The third kappa shape index (κ3) is 5.67. The van der Waals surface area contributed by atoms with Gasteiger partial charge in [0.05, 0.1) is 22.6 Å². The van der Waals surface area contributed by atoms with Crippen molar-refractivity contribution in [2.75, 3.05) is 5.32 Å². The van der Waals surface area contributed by atoms with Crippen LogP contribution >= 0.6 is 34.5 Å². The fraction of sp³-hybridized carbons (Fsp3) is 0.130. The Morgan fingerprint density at radius 3 is 2.81 bits per heavy atom. The zero-order valence-corrected chi connectivity index (χ0v) is 19.0. The van der Waals surface area contributed by atoms with Crippen molar-refractivity contribution < 1.29 is 9.53 Å². The number of halogens is 2. The molecule has 0 aliphatic carbocycles. The van der Waals surface area contributed by atoms with Gasteiger partial charge in [-0.05, 0) is 59.8 Å². The van der Waals surface area contributed by atoms with Crippen LogP contribution in [-0.4, -0.2) is 15.7 Å². The molecule has 0 bridgehead atoms. The van der Waals surface area contributed by atoms with E-state index < -0.39 is 0 Å². The first-order valence-electron chi connectivity index (χ1n) is 9.51. The van der Waals surface area contributed by atoms with Crippen molar-refractivity contribution in [3.05, 3.63) is 97.9 Å². The Bertz CT molecular complexity index is 1220.